The van der Waals surface area contributed by atoms with E-state index in [-0.39, 0.29) is 22.9 Å². The first kappa shape index (κ1) is 19.8. The lowest BCUT2D eigenvalue weighted by Crippen LogP contribution is -2.30. The van der Waals surface area contributed by atoms with Gasteiger partial charge in [0.25, 0.3) is 5.91 Å². The third-order valence-electron chi connectivity index (χ3n) is 5.51. The summed E-state index contributed by atoms with van der Waals surface area (Å²) in [4.78, 5) is 44.3. The van der Waals surface area contributed by atoms with Crippen molar-refractivity contribution < 1.29 is 9.59 Å². The maximum Gasteiger partial charge on any atom is 0.261 e. The van der Waals surface area contributed by atoms with Gasteiger partial charge in [-0.25, -0.2) is 4.98 Å². The molecule has 1 saturated heterocycles. The van der Waals surface area contributed by atoms with Crippen LogP contribution < -0.4 is 15.6 Å². The third-order valence-corrected chi connectivity index (χ3v) is 5.51. The number of amides is 2. The van der Waals surface area contributed by atoms with Crippen LogP contribution in [0.1, 0.15) is 42.7 Å². The van der Waals surface area contributed by atoms with Crippen LogP contribution in [0, 0.1) is 6.92 Å². The number of hydrogen-bond acceptors (Lipinski definition) is 4. The Morgan fingerprint density at radius 3 is 2.73 bits per heavy atom. The molecule has 154 valence electrons. The predicted molar refractivity (Wildman–Crippen MR) is 117 cm³/mol. The van der Waals surface area contributed by atoms with Crippen molar-refractivity contribution in [1.29, 1.82) is 0 Å². The highest BCUT2D eigenvalue weighted by molar-refractivity contribution is 6.06. The maximum absolute atomic E-state index is 12.9. The van der Waals surface area contributed by atoms with Crippen LogP contribution in [0.3, 0.4) is 0 Å². The van der Waals surface area contributed by atoms with Crippen molar-refractivity contribution in [2.24, 2.45) is 0 Å². The summed E-state index contributed by atoms with van der Waals surface area (Å²) < 4.78 is 1.81. The number of aromatic nitrogens is 2. The first-order valence-electron chi connectivity index (χ1n) is 10.1. The number of pyridine rings is 2. The molecule has 0 radical (unpaired) electrons. The Labute approximate surface area is 174 Å². The zero-order valence-electron chi connectivity index (χ0n) is 17.3. The molecule has 1 unspecified atom stereocenters. The number of benzene rings is 1. The van der Waals surface area contributed by atoms with Gasteiger partial charge < -0.3 is 14.8 Å². The molecule has 1 aromatic carbocycles. The molecule has 3 heterocycles. The largest absolute Gasteiger partial charge is 0.332 e. The van der Waals surface area contributed by atoms with Gasteiger partial charge in [0.05, 0.1) is 5.39 Å². The van der Waals surface area contributed by atoms with E-state index >= 15 is 0 Å². The minimum atomic E-state index is -0.484. The molecule has 0 aliphatic carbocycles. The molecule has 0 saturated carbocycles. The van der Waals surface area contributed by atoms with Crippen LogP contribution in [0.5, 0.6) is 0 Å². The van der Waals surface area contributed by atoms with Crippen LogP contribution in [-0.4, -0.2) is 27.4 Å². The third kappa shape index (κ3) is 3.47. The highest BCUT2D eigenvalue weighted by atomic mass is 16.2. The molecule has 3 aromatic rings. The van der Waals surface area contributed by atoms with Crippen molar-refractivity contribution in [1.82, 2.24) is 9.55 Å². The molecule has 4 rings (SSSR count). The van der Waals surface area contributed by atoms with Crippen molar-refractivity contribution >= 4 is 34.2 Å². The Kier molecular flexibility index (Phi) is 5.11. The number of nitrogens with zero attached hydrogens (tertiary/aromatic N) is 3. The number of rotatable bonds is 4. The van der Waals surface area contributed by atoms with Gasteiger partial charge in [-0.15, -0.1) is 0 Å². The van der Waals surface area contributed by atoms with E-state index in [1.165, 1.54) is 0 Å². The molecule has 7 nitrogen and oxygen atoms in total. The van der Waals surface area contributed by atoms with Crippen LogP contribution in [0.25, 0.3) is 11.0 Å². The van der Waals surface area contributed by atoms with Gasteiger partial charge in [-0.2, -0.15) is 0 Å². The zero-order chi connectivity index (χ0) is 21.4. The standard InChI is InChI=1S/C23H24N4O3/c1-4-26-13-19(21(29)18-10-8-14(2)24-22(18)26)23(30)25-16-6-5-7-17(12-16)27-15(3)9-11-20(27)28/h5-8,10,12-13,15H,4,9,11H2,1-3H3,(H,25,30). The van der Waals surface area contributed by atoms with Crippen molar-refractivity contribution in [3.63, 3.8) is 0 Å². The lowest BCUT2D eigenvalue weighted by Gasteiger charge is -2.22. The van der Waals surface area contributed by atoms with Gasteiger partial charge in [0.2, 0.25) is 11.3 Å². The van der Waals surface area contributed by atoms with E-state index in [2.05, 4.69) is 10.3 Å². The topological polar surface area (TPSA) is 84.3 Å². The van der Waals surface area contributed by atoms with Crippen molar-refractivity contribution in [2.75, 3.05) is 10.2 Å². The van der Waals surface area contributed by atoms with Crippen molar-refractivity contribution in [3.05, 3.63) is 64.1 Å². The fourth-order valence-electron chi connectivity index (χ4n) is 3.92. The summed E-state index contributed by atoms with van der Waals surface area (Å²) in [6, 6.07) is 10.8. The molecular formula is C23H24N4O3. The highest BCUT2D eigenvalue weighted by Gasteiger charge is 2.29. The maximum atomic E-state index is 12.9. The second-order valence-electron chi connectivity index (χ2n) is 7.64. The number of carbonyl (C=O) groups is 2. The summed E-state index contributed by atoms with van der Waals surface area (Å²) in [7, 11) is 0. The molecular weight excluding hydrogens is 380 g/mol. The first-order valence-corrected chi connectivity index (χ1v) is 10.1. The molecule has 2 amide bonds. The van der Waals surface area contributed by atoms with E-state index in [4.69, 9.17) is 0 Å². The molecule has 7 heteroatoms. The Morgan fingerprint density at radius 1 is 1.23 bits per heavy atom. The second kappa shape index (κ2) is 7.74. The summed E-state index contributed by atoms with van der Waals surface area (Å²) in [5.41, 5.74) is 2.37. The number of carbonyl (C=O) groups excluding carboxylic acids is 2. The first-order chi connectivity index (χ1) is 14.4. The second-order valence-corrected chi connectivity index (χ2v) is 7.64. The molecule has 0 bridgehead atoms. The van der Waals surface area contributed by atoms with Crippen LogP contribution in [0.4, 0.5) is 11.4 Å². The van der Waals surface area contributed by atoms with Crippen molar-refractivity contribution in [2.45, 2.75) is 46.2 Å². The molecule has 30 heavy (non-hydrogen) atoms. The number of nitrogens with one attached hydrogen (secondary N) is 1. The van der Waals surface area contributed by atoms with Gasteiger partial charge >= 0.3 is 0 Å². The summed E-state index contributed by atoms with van der Waals surface area (Å²) in [6.07, 6.45) is 2.90. The van der Waals surface area contributed by atoms with Crippen LogP contribution in [0.15, 0.2) is 47.4 Å². The minimum absolute atomic E-state index is 0.0611. The molecule has 1 atom stereocenters. The summed E-state index contributed by atoms with van der Waals surface area (Å²) in [5, 5.41) is 3.23. The lowest BCUT2D eigenvalue weighted by atomic mass is 10.1. The highest BCUT2D eigenvalue weighted by Crippen LogP contribution is 2.28. The Bertz CT molecular complexity index is 1210. The molecule has 2 aromatic heterocycles. The fraction of sp³-hybridized carbons (Fsp3) is 0.304. The normalized spacial score (nSPS) is 16.3. The number of aryl methyl sites for hydroxylation is 2. The Hall–Kier alpha value is -3.48. The van der Waals surface area contributed by atoms with Gasteiger partial charge in [-0.05, 0) is 57.5 Å². The van der Waals surface area contributed by atoms with Gasteiger partial charge in [-0.3, -0.25) is 14.4 Å². The van der Waals surface area contributed by atoms with E-state index in [0.29, 0.717) is 29.7 Å². The monoisotopic (exact) mass is 404 g/mol. The molecule has 1 aliphatic rings. The minimum Gasteiger partial charge on any atom is -0.332 e. The molecule has 0 spiro atoms. The fourth-order valence-corrected chi connectivity index (χ4v) is 3.92. The van der Waals surface area contributed by atoms with E-state index in [1.54, 1.807) is 46.0 Å². The van der Waals surface area contributed by atoms with Gasteiger partial charge in [0, 0.05) is 42.3 Å². The van der Waals surface area contributed by atoms with E-state index in [0.717, 1.165) is 17.8 Å². The van der Waals surface area contributed by atoms with Crippen molar-refractivity contribution in [3.8, 4) is 0 Å². The van der Waals surface area contributed by atoms with Gasteiger partial charge in [0.15, 0.2) is 0 Å². The Balaban J connectivity index is 1.68. The van der Waals surface area contributed by atoms with E-state index < -0.39 is 5.91 Å². The molecule has 1 fully saturated rings. The lowest BCUT2D eigenvalue weighted by molar-refractivity contribution is -0.117. The summed E-state index contributed by atoms with van der Waals surface area (Å²) >= 11 is 0. The smallest absolute Gasteiger partial charge is 0.261 e. The van der Waals surface area contributed by atoms with Crippen LogP contribution >= 0.6 is 0 Å². The average molecular weight is 404 g/mol. The average Bonchev–Trinajstić information content (AvgIpc) is 3.06. The summed E-state index contributed by atoms with van der Waals surface area (Å²) in [5.74, 6) is -0.406. The van der Waals surface area contributed by atoms with Gasteiger partial charge in [0.1, 0.15) is 11.2 Å². The molecule has 1 N–H and O–H groups in total. The zero-order valence-corrected chi connectivity index (χ0v) is 17.3. The van der Waals surface area contributed by atoms with E-state index in [1.807, 2.05) is 26.8 Å². The van der Waals surface area contributed by atoms with Crippen LogP contribution in [-0.2, 0) is 11.3 Å². The number of anilines is 2. The predicted octanol–water partition coefficient (Wildman–Crippen LogP) is 3.49. The van der Waals surface area contributed by atoms with Gasteiger partial charge in [-0.1, -0.05) is 6.07 Å². The number of fused-ring (bicyclic) bond motifs is 1. The van der Waals surface area contributed by atoms with Crippen LogP contribution in [0.2, 0.25) is 0 Å². The number of hydrogen-bond donors (Lipinski definition) is 1. The SMILES string of the molecule is CCn1cc(C(=O)Nc2cccc(N3C(=O)CCC3C)c2)c(=O)c2ccc(C)nc21. The van der Waals surface area contributed by atoms with E-state index in [9.17, 15) is 14.4 Å². The Morgan fingerprint density at radius 2 is 2.03 bits per heavy atom. The molecule has 1 aliphatic heterocycles. The quantitative estimate of drug-likeness (QED) is 0.721. The summed E-state index contributed by atoms with van der Waals surface area (Å²) in [6.45, 7) is 6.39.